The Balaban J connectivity index is 2.02. The van der Waals surface area contributed by atoms with Gasteiger partial charge in [0.1, 0.15) is 5.92 Å². The highest BCUT2D eigenvalue weighted by Gasteiger charge is 2.35. The molecule has 3 aromatic rings. The highest BCUT2D eigenvalue weighted by atomic mass is 16.5. The Morgan fingerprint density at radius 1 is 0.783 bits per heavy atom. The molecule has 0 saturated heterocycles. The van der Waals surface area contributed by atoms with E-state index < -0.39 is 0 Å². The van der Waals surface area contributed by atoms with Crippen LogP contribution in [0, 0.1) is 0 Å². The zero-order valence-corrected chi connectivity index (χ0v) is 12.8. The van der Waals surface area contributed by atoms with E-state index in [4.69, 9.17) is 4.74 Å². The van der Waals surface area contributed by atoms with E-state index >= 15 is 0 Å². The van der Waals surface area contributed by atoms with Gasteiger partial charge in [0.2, 0.25) is 0 Å². The third-order valence-electron chi connectivity index (χ3n) is 4.47. The fourth-order valence-corrected chi connectivity index (χ4v) is 3.49. The van der Waals surface area contributed by atoms with Gasteiger partial charge in [0.15, 0.2) is 0 Å². The molecule has 2 nitrogen and oxygen atoms in total. The fraction of sp³-hybridized carbons (Fsp3) is 0.0952. The molecule has 0 heterocycles. The number of esters is 1. The van der Waals surface area contributed by atoms with Gasteiger partial charge in [-0.1, -0.05) is 72.8 Å². The fourth-order valence-electron chi connectivity index (χ4n) is 3.49. The SMILES string of the molecule is COC(=O)C1c2ccccc2-c2c(-c3ccccc3)cccc21. The second kappa shape index (κ2) is 5.40. The summed E-state index contributed by atoms with van der Waals surface area (Å²) in [6.45, 7) is 0. The molecule has 0 fully saturated rings. The van der Waals surface area contributed by atoms with Gasteiger partial charge >= 0.3 is 5.97 Å². The van der Waals surface area contributed by atoms with E-state index in [-0.39, 0.29) is 11.9 Å². The monoisotopic (exact) mass is 300 g/mol. The quantitative estimate of drug-likeness (QED) is 0.644. The van der Waals surface area contributed by atoms with Crippen LogP contribution in [0.25, 0.3) is 22.3 Å². The van der Waals surface area contributed by atoms with Gasteiger partial charge < -0.3 is 4.74 Å². The molecule has 0 bridgehead atoms. The summed E-state index contributed by atoms with van der Waals surface area (Å²) in [4.78, 5) is 12.4. The van der Waals surface area contributed by atoms with Gasteiger partial charge in [0.25, 0.3) is 0 Å². The van der Waals surface area contributed by atoms with E-state index in [1.807, 2.05) is 48.5 Å². The van der Waals surface area contributed by atoms with E-state index in [1.54, 1.807) is 0 Å². The predicted molar refractivity (Wildman–Crippen MR) is 91.2 cm³/mol. The summed E-state index contributed by atoms with van der Waals surface area (Å²) in [5.74, 6) is -0.545. The van der Waals surface area contributed by atoms with Gasteiger partial charge in [0, 0.05) is 0 Å². The van der Waals surface area contributed by atoms with Crippen molar-refractivity contribution in [1.82, 2.24) is 0 Å². The van der Waals surface area contributed by atoms with Crippen molar-refractivity contribution < 1.29 is 9.53 Å². The minimum Gasteiger partial charge on any atom is -0.468 e. The minimum atomic E-state index is -0.338. The van der Waals surface area contributed by atoms with Crippen LogP contribution in [0.3, 0.4) is 0 Å². The van der Waals surface area contributed by atoms with Crippen LogP contribution in [0.15, 0.2) is 72.8 Å². The van der Waals surface area contributed by atoms with Crippen LogP contribution in [0.1, 0.15) is 17.0 Å². The summed E-state index contributed by atoms with van der Waals surface area (Å²) in [5, 5.41) is 0. The molecule has 1 unspecified atom stereocenters. The largest absolute Gasteiger partial charge is 0.468 e. The first-order valence-corrected chi connectivity index (χ1v) is 7.66. The molecular weight excluding hydrogens is 284 g/mol. The second-order valence-corrected chi connectivity index (χ2v) is 5.68. The molecule has 0 aromatic heterocycles. The highest BCUT2D eigenvalue weighted by Crippen LogP contribution is 2.49. The van der Waals surface area contributed by atoms with Crippen LogP contribution in [-0.4, -0.2) is 13.1 Å². The molecular formula is C21H16O2. The molecule has 0 amide bonds. The van der Waals surface area contributed by atoms with Gasteiger partial charge in [-0.05, 0) is 33.4 Å². The summed E-state index contributed by atoms with van der Waals surface area (Å²) in [6.07, 6.45) is 0. The number of benzene rings is 3. The normalized spacial score (nSPS) is 14.9. The van der Waals surface area contributed by atoms with Crippen LogP contribution < -0.4 is 0 Å². The minimum absolute atomic E-state index is 0.207. The third-order valence-corrected chi connectivity index (χ3v) is 4.47. The first-order chi connectivity index (χ1) is 11.3. The lowest BCUT2D eigenvalue weighted by atomic mass is 9.93. The van der Waals surface area contributed by atoms with Crippen molar-refractivity contribution in [2.75, 3.05) is 7.11 Å². The predicted octanol–water partition coefficient (Wildman–Crippen LogP) is 4.64. The van der Waals surface area contributed by atoms with Gasteiger partial charge in [-0.2, -0.15) is 0 Å². The van der Waals surface area contributed by atoms with Crippen LogP contribution >= 0.6 is 0 Å². The number of hydrogen-bond acceptors (Lipinski definition) is 2. The van der Waals surface area contributed by atoms with Crippen molar-refractivity contribution in [3.8, 4) is 22.3 Å². The van der Waals surface area contributed by atoms with E-state index in [2.05, 4.69) is 24.3 Å². The zero-order chi connectivity index (χ0) is 15.8. The number of fused-ring (bicyclic) bond motifs is 3. The van der Waals surface area contributed by atoms with Crippen LogP contribution in [-0.2, 0) is 9.53 Å². The lowest BCUT2D eigenvalue weighted by Gasteiger charge is -2.12. The lowest BCUT2D eigenvalue weighted by molar-refractivity contribution is -0.141. The van der Waals surface area contributed by atoms with Crippen molar-refractivity contribution in [3.63, 3.8) is 0 Å². The molecule has 1 atom stereocenters. The van der Waals surface area contributed by atoms with Crippen molar-refractivity contribution in [2.24, 2.45) is 0 Å². The number of ether oxygens (including phenoxy) is 1. The maximum atomic E-state index is 12.4. The van der Waals surface area contributed by atoms with Crippen LogP contribution in [0.5, 0.6) is 0 Å². The first kappa shape index (κ1) is 13.8. The molecule has 0 saturated carbocycles. The van der Waals surface area contributed by atoms with Gasteiger partial charge in [-0.25, -0.2) is 0 Å². The smallest absolute Gasteiger partial charge is 0.317 e. The van der Waals surface area contributed by atoms with Crippen LogP contribution in [0.2, 0.25) is 0 Å². The number of carbonyl (C=O) groups excluding carboxylic acids is 1. The molecule has 2 heteroatoms. The molecule has 0 aliphatic heterocycles. The average molecular weight is 300 g/mol. The van der Waals surface area contributed by atoms with E-state index in [9.17, 15) is 4.79 Å². The Morgan fingerprint density at radius 3 is 2.22 bits per heavy atom. The average Bonchev–Trinajstić information content (AvgIpc) is 2.96. The van der Waals surface area contributed by atoms with Gasteiger partial charge in [0.05, 0.1) is 7.11 Å². The van der Waals surface area contributed by atoms with Gasteiger partial charge in [-0.3, -0.25) is 4.79 Å². The number of rotatable bonds is 2. The summed E-state index contributed by atoms with van der Waals surface area (Å²) >= 11 is 0. The van der Waals surface area contributed by atoms with Crippen LogP contribution in [0.4, 0.5) is 0 Å². The molecule has 4 rings (SSSR count). The summed E-state index contributed by atoms with van der Waals surface area (Å²) in [5.41, 5.74) is 6.63. The maximum Gasteiger partial charge on any atom is 0.317 e. The molecule has 1 aliphatic rings. The van der Waals surface area contributed by atoms with Gasteiger partial charge in [-0.15, -0.1) is 0 Å². The molecule has 0 spiro atoms. The van der Waals surface area contributed by atoms with E-state index in [0.717, 1.165) is 33.4 Å². The molecule has 3 aromatic carbocycles. The highest BCUT2D eigenvalue weighted by molar-refractivity contribution is 5.98. The van der Waals surface area contributed by atoms with Crippen molar-refractivity contribution in [3.05, 3.63) is 83.9 Å². The first-order valence-electron chi connectivity index (χ1n) is 7.66. The summed E-state index contributed by atoms with van der Waals surface area (Å²) in [7, 11) is 1.45. The number of methoxy groups -OCH3 is 1. The van der Waals surface area contributed by atoms with E-state index in [1.165, 1.54) is 7.11 Å². The third kappa shape index (κ3) is 2.07. The Labute approximate surface area is 135 Å². The maximum absolute atomic E-state index is 12.4. The topological polar surface area (TPSA) is 26.3 Å². The number of carbonyl (C=O) groups is 1. The van der Waals surface area contributed by atoms with Crippen molar-refractivity contribution in [2.45, 2.75) is 5.92 Å². The summed E-state index contributed by atoms with van der Waals surface area (Å²) in [6, 6.07) is 24.5. The Bertz CT molecular complexity index is 881. The zero-order valence-electron chi connectivity index (χ0n) is 12.8. The van der Waals surface area contributed by atoms with E-state index in [0.29, 0.717) is 0 Å². The molecule has 112 valence electrons. The number of hydrogen-bond donors (Lipinski definition) is 0. The lowest BCUT2D eigenvalue weighted by Crippen LogP contribution is -2.13. The molecule has 0 N–H and O–H groups in total. The Hall–Kier alpha value is -2.87. The second-order valence-electron chi connectivity index (χ2n) is 5.68. The molecule has 1 aliphatic carbocycles. The molecule has 0 radical (unpaired) electrons. The van der Waals surface area contributed by atoms with Crippen molar-refractivity contribution in [1.29, 1.82) is 0 Å². The molecule has 23 heavy (non-hydrogen) atoms. The standard InChI is InChI=1S/C21H16O2/c1-23-21(22)20-17-11-6-5-10-16(17)19-15(12-7-13-18(19)20)14-8-3-2-4-9-14/h2-13,20H,1H3. The summed E-state index contributed by atoms with van der Waals surface area (Å²) < 4.78 is 5.05. The Morgan fingerprint density at radius 2 is 1.43 bits per heavy atom. The van der Waals surface area contributed by atoms with Crippen molar-refractivity contribution >= 4 is 5.97 Å². The Kier molecular flexibility index (Phi) is 3.23.